The Bertz CT molecular complexity index is 134. The Balaban J connectivity index is 3.43. The maximum Gasteiger partial charge on any atom is 0.0471 e. The maximum atomic E-state index is 8.86. The molecule has 0 saturated carbocycles. The van der Waals surface area contributed by atoms with Crippen LogP contribution >= 0.6 is 0 Å². The van der Waals surface area contributed by atoms with Gasteiger partial charge in [-0.2, -0.15) is 0 Å². The zero-order valence-corrected chi connectivity index (χ0v) is 8.43. The first-order valence-corrected chi connectivity index (χ1v) is 4.56. The molecule has 0 radical (unpaired) electrons. The van der Waals surface area contributed by atoms with Gasteiger partial charge in [-0.25, -0.2) is 0 Å². The van der Waals surface area contributed by atoms with Gasteiger partial charge in [-0.1, -0.05) is 12.5 Å². The minimum absolute atomic E-state index is 0.251. The van der Waals surface area contributed by atoms with Gasteiger partial charge in [-0.05, 0) is 32.7 Å². The van der Waals surface area contributed by atoms with E-state index in [1.165, 1.54) is 5.57 Å². The van der Waals surface area contributed by atoms with Crippen molar-refractivity contribution in [3.8, 4) is 0 Å². The Labute approximate surface area is 75.7 Å². The normalized spacial score (nSPS) is 15.7. The molecule has 0 bridgehead atoms. The van der Waals surface area contributed by atoms with Crippen LogP contribution in [0.5, 0.6) is 0 Å². The molecule has 12 heavy (non-hydrogen) atoms. The van der Waals surface area contributed by atoms with E-state index in [4.69, 9.17) is 5.11 Å². The van der Waals surface area contributed by atoms with Crippen molar-refractivity contribution in [2.24, 2.45) is 5.92 Å². The van der Waals surface area contributed by atoms with Crippen molar-refractivity contribution in [1.82, 2.24) is 5.32 Å². The number of aliphatic hydroxyl groups excluding tert-OH is 1. The van der Waals surface area contributed by atoms with Gasteiger partial charge >= 0.3 is 0 Å². The van der Waals surface area contributed by atoms with E-state index < -0.39 is 0 Å². The third-order valence-corrected chi connectivity index (χ3v) is 2.16. The van der Waals surface area contributed by atoms with Crippen LogP contribution in [0, 0.1) is 5.92 Å². The van der Waals surface area contributed by atoms with Gasteiger partial charge in [0.05, 0.1) is 0 Å². The second-order valence-electron chi connectivity index (χ2n) is 3.61. The summed E-state index contributed by atoms with van der Waals surface area (Å²) in [5.74, 6) is 0.329. The summed E-state index contributed by atoms with van der Waals surface area (Å²) in [6.45, 7) is 11.2. The van der Waals surface area contributed by atoms with E-state index in [9.17, 15) is 0 Å². The molecule has 0 heterocycles. The third-order valence-electron chi connectivity index (χ3n) is 2.16. The molecule has 0 aliphatic carbocycles. The van der Waals surface area contributed by atoms with Crippen LogP contribution in [0.4, 0.5) is 0 Å². The number of nitrogens with one attached hydrogen (secondary N) is 1. The Morgan fingerprint density at radius 2 is 2.08 bits per heavy atom. The average Bonchev–Trinajstić information content (AvgIpc) is 2.02. The SMILES string of the molecule is C=C(C)CCNC(C)C(C)CO. The van der Waals surface area contributed by atoms with Crippen LogP contribution < -0.4 is 5.32 Å². The van der Waals surface area contributed by atoms with Crippen molar-refractivity contribution < 1.29 is 5.11 Å². The van der Waals surface area contributed by atoms with Crippen molar-refractivity contribution in [3.63, 3.8) is 0 Å². The van der Waals surface area contributed by atoms with Gasteiger partial charge in [0.2, 0.25) is 0 Å². The molecule has 0 amide bonds. The van der Waals surface area contributed by atoms with Gasteiger partial charge in [0.25, 0.3) is 0 Å². The topological polar surface area (TPSA) is 32.3 Å². The Kier molecular flexibility index (Phi) is 6.03. The van der Waals surface area contributed by atoms with Gasteiger partial charge in [0.15, 0.2) is 0 Å². The van der Waals surface area contributed by atoms with Crippen LogP contribution in [0.25, 0.3) is 0 Å². The summed E-state index contributed by atoms with van der Waals surface area (Å²) in [5.41, 5.74) is 1.20. The fourth-order valence-electron chi connectivity index (χ4n) is 0.873. The van der Waals surface area contributed by atoms with E-state index in [0.29, 0.717) is 12.0 Å². The molecule has 0 aliphatic heterocycles. The number of hydrogen-bond donors (Lipinski definition) is 2. The molecule has 0 spiro atoms. The van der Waals surface area contributed by atoms with Gasteiger partial charge in [0, 0.05) is 12.6 Å². The Morgan fingerprint density at radius 3 is 2.50 bits per heavy atom. The van der Waals surface area contributed by atoms with Crippen molar-refractivity contribution in [1.29, 1.82) is 0 Å². The van der Waals surface area contributed by atoms with E-state index in [0.717, 1.165) is 13.0 Å². The molecule has 2 nitrogen and oxygen atoms in total. The molecule has 0 aliphatic rings. The summed E-state index contributed by atoms with van der Waals surface area (Å²) in [7, 11) is 0. The van der Waals surface area contributed by atoms with Crippen molar-refractivity contribution in [2.75, 3.05) is 13.2 Å². The average molecular weight is 171 g/mol. The molecule has 2 N–H and O–H groups in total. The summed E-state index contributed by atoms with van der Waals surface area (Å²) in [5, 5.41) is 12.2. The molecule has 0 aromatic carbocycles. The summed E-state index contributed by atoms with van der Waals surface area (Å²) < 4.78 is 0. The van der Waals surface area contributed by atoms with Crippen molar-refractivity contribution in [3.05, 3.63) is 12.2 Å². The number of rotatable bonds is 6. The highest BCUT2D eigenvalue weighted by Crippen LogP contribution is 2.01. The summed E-state index contributed by atoms with van der Waals surface area (Å²) >= 11 is 0. The zero-order valence-electron chi connectivity index (χ0n) is 8.43. The van der Waals surface area contributed by atoms with Crippen molar-refractivity contribution in [2.45, 2.75) is 33.2 Å². The van der Waals surface area contributed by atoms with E-state index in [1.54, 1.807) is 0 Å². The zero-order chi connectivity index (χ0) is 9.56. The lowest BCUT2D eigenvalue weighted by Crippen LogP contribution is -2.34. The molecule has 0 aromatic rings. The minimum atomic E-state index is 0.251. The molecule has 2 heteroatoms. The molecule has 2 unspecified atom stereocenters. The van der Waals surface area contributed by atoms with Gasteiger partial charge in [-0.3, -0.25) is 0 Å². The molecular weight excluding hydrogens is 150 g/mol. The second-order valence-corrected chi connectivity index (χ2v) is 3.61. The van der Waals surface area contributed by atoms with E-state index in [-0.39, 0.29) is 6.61 Å². The lowest BCUT2D eigenvalue weighted by atomic mass is 10.1. The quantitative estimate of drug-likeness (QED) is 0.594. The molecule has 0 fully saturated rings. The van der Waals surface area contributed by atoms with Gasteiger partial charge < -0.3 is 10.4 Å². The predicted molar refractivity (Wildman–Crippen MR) is 53.1 cm³/mol. The molecule has 72 valence electrons. The number of hydrogen-bond acceptors (Lipinski definition) is 2. The summed E-state index contributed by atoms with van der Waals surface area (Å²) in [4.78, 5) is 0. The molecular formula is C10H21NO. The van der Waals surface area contributed by atoms with Crippen LogP contribution in [0.15, 0.2) is 12.2 Å². The largest absolute Gasteiger partial charge is 0.396 e. The van der Waals surface area contributed by atoms with E-state index in [1.807, 2.05) is 13.8 Å². The van der Waals surface area contributed by atoms with Crippen LogP contribution in [-0.2, 0) is 0 Å². The van der Waals surface area contributed by atoms with Crippen LogP contribution in [0.1, 0.15) is 27.2 Å². The first-order valence-electron chi connectivity index (χ1n) is 4.56. The van der Waals surface area contributed by atoms with Gasteiger partial charge in [-0.15, -0.1) is 6.58 Å². The van der Waals surface area contributed by atoms with Gasteiger partial charge in [0.1, 0.15) is 0 Å². The minimum Gasteiger partial charge on any atom is -0.396 e. The summed E-state index contributed by atoms with van der Waals surface area (Å²) in [6.07, 6.45) is 1.02. The predicted octanol–water partition coefficient (Wildman–Crippen LogP) is 1.56. The van der Waals surface area contributed by atoms with E-state index in [2.05, 4.69) is 18.8 Å². The second kappa shape index (κ2) is 6.21. The lowest BCUT2D eigenvalue weighted by Gasteiger charge is -2.19. The van der Waals surface area contributed by atoms with E-state index >= 15 is 0 Å². The molecule has 2 atom stereocenters. The first kappa shape index (κ1) is 11.7. The Morgan fingerprint density at radius 1 is 1.50 bits per heavy atom. The molecule has 0 aromatic heterocycles. The fraction of sp³-hybridized carbons (Fsp3) is 0.800. The first-order chi connectivity index (χ1) is 5.57. The Hall–Kier alpha value is -0.340. The highest BCUT2D eigenvalue weighted by atomic mass is 16.3. The standard InChI is InChI=1S/C10H21NO/c1-8(2)5-6-11-10(4)9(3)7-12/h9-12H,1,5-7H2,2-4H3. The third kappa shape index (κ3) is 5.33. The monoisotopic (exact) mass is 171 g/mol. The van der Waals surface area contributed by atoms with Crippen molar-refractivity contribution >= 4 is 0 Å². The van der Waals surface area contributed by atoms with Crippen LogP contribution in [0.2, 0.25) is 0 Å². The highest BCUT2D eigenvalue weighted by Gasteiger charge is 2.08. The smallest absolute Gasteiger partial charge is 0.0471 e. The maximum absolute atomic E-state index is 8.86. The number of aliphatic hydroxyl groups is 1. The fourth-order valence-corrected chi connectivity index (χ4v) is 0.873. The molecule has 0 rings (SSSR count). The summed E-state index contributed by atoms with van der Waals surface area (Å²) in [6, 6.07) is 0.384. The lowest BCUT2D eigenvalue weighted by molar-refractivity contribution is 0.208. The molecule has 0 saturated heterocycles. The van der Waals surface area contributed by atoms with Crippen LogP contribution in [0.3, 0.4) is 0 Å². The van der Waals surface area contributed by atoms with Crippen LogP contribution in [-0.4, -0.2) is 24.3 Å². The highest BCUT2D eigenvalue weighted by molar-refractivity contribution is 4.88.